The summed E-state index contributed by atoms with van der Waals surface area (Å²) in [6, 6.07) is 5.13. The van der Waals surface area contributed by atoms with E-state index in [1.165, 1.54) is 23.2 Å². The fourth-order valence-corrected chi connectivity index (χ4v) is 5.71. The van der Waals surface area contributed by atoms with Gasteiger partial charge in [-0.25, -0.2) is 9.97 Å². The molecule has 3 aliphatic heterocycles. The molecule has 2 aromatic rings. The molecule has 2 N–H and O–H groups in total. The van der Waals surface area contributed by atoms with Crippen LogP contribution < -0.4 is 4.90 Å². The molecule has 0 radical (unpaired) electrons. The van der Waals surface area contributed by atoms with E-state index in [0.717, 1.165) is 62.4 Å². The number of piperidine rings is 1. The molecule has 1 aromatic heterocycles. The molecule has 0 amide bonds. The van der Waals surface area contributed by atoms with Gasteiger partial charge in [0.2, 0.25) is 5.95 Å². The van der Waals surface area contributed by atoms with Gasteiger partial charge >= 0.3 is 0 Å². The Kier molecular flexibility index (Phi) is 5.15. The molecule has 0 saturated carbocycles. The van der Waals surface area contributed by atoms with Crippen LogP contribution in [0.1, 0.15) is 59.7 Å². The summed E-state index contributed by atoms with van der Waals surface area (Å²) >= 11 is 0. The van der Waals surface area contributed by atoms with Gasteiger partial charge in [-0.15, -0.1) is 0 Å². The minimum Gasteiger partial charge on any atom is -0.507 e. The number of aliphatic hydroxyl groups excluding tert-OH is 1. The van der Waals surface area contributed by atoms with Crippen LogP contribution >= 0.6 is 0 Å². The second-order valence-corrected chi connectivity index (χ2v) is 9.41. The Morgan fingerprint density at radius 3 is 2.70 bits per heavy atom. The standard InChI is InChI=1S/C24H32N4O2/c1-15-8-18(9-16(2)23(15)30)13-28-19-5-6-22(28)20-11-25-24(26-21(20)10-19)27-7-3-4-17(12-27)14-29/h8-9,11,17,19,22,29-30H,3-7,10,12-14H2,1-2H3/t17-,19+,22+/m1/s1. The lowest BCUT2D eigenvalue weighted by Crippen LogP contribution is -2.40. The van der Waals surface area contributed by atoms with Crippen molar-refractivity contribution in [3.63, 3.8) is 0 Å². The van der Waals surface area contributed by atoms with Crippen LogP contribution in [0.5, 0.6) is 5.75 Å². The first kappa shape index (κ1) is 19.8. The van der Waals surface area contributed by atoms with Crippen molar-refractivity contribution in [2.45, 2.75) is 64.6 Å². The normalized spacial score (nSPS) is 26.1. The van der Waals surface area contributed by atoms with E-state index >= 15 is 0 Å². The number of fused-ring (bicyclic) bond motifs is 4. The smallest absolute Gasteiger partial charge is 0.225 e. The highest BCUT2D eigenvalue weighted by Gasteiger charge is 2.41. The van der Waals surface area contributed by atoms with Crippen LogP contribution in [0.3, 0.4) is 0 Å². The van der Waals surface area contributed by atoms with E-state index in [0.29, 0.717) is 23.8 Å². The van der Waals surface area contributed by atoms with Crippen molar-refractivity contribution in [3.05, 3.63) is 46.3 Å². The third-order valence-corrected chi connectivity index (χ3v) is 7.29. The number of rotatable bonds is 4. The van der Waals surface area contributed by atoms with Crippen LogP contribution in [0.25, 0.3) is 0 Å². The van der Waals surface area contributed by atoms with Crippen molar-refractivity contribution >= 4 is 5.95 Å². The van der Waals surface area contributed by atoms with Crippen LogP contribution in [-0.2, 0) is 13.0 Å². The molecule has 160 valence electrons. The number of hydrogen-bond acceptors (Lipinski definition) is 6. The number of hydrogen-bond donors (Lipinski definition) is 2. The van der Waals surface area contributed by atoms with Gasteiger partial charge in [-0.1, -0.05) is 12.1 Å². The maximum Gasteiger partial charge on any atom is 0.225 e. The molecule has 6 heteroatoms. The third-order valence-electron chi connectivity index (χ3n) is 7.29. The Balaban J connectivity index is 1.37. The second-order valence-electron chi connectivity index (χ2n) is 9.41. The highest BCUT2D eigenvalue weighted by molar-refractivity contribution is 5.43. The Labute approximate surface area is 178 Å². The molecule has 1 aromatic carbocycles. The van der Waals surface area contributed by atoms with Crippen LogP contribution in [0, 0.1) is 19.8 Å². The van der Waals surface area contributed by atoms with Gasteiger partial charge in [-0.2, -0.15) is 0 Å². The first-order valence-electron chi connectivity index (χ1n) is 11.3. The van der Waals surface area contributed by atoms with Crippen molar-refractivity contribution in [1.29, 1.82) is 0 Å². The number of benzene rings is 1. The summed E-state index contributed by atoms with van der Waals surface area (Å²) in [5.74, 6) is 1.58. The lowest BCUT2D eigenvalue weighted by Gasteiger charge is -2.37. The minimum atomic E-state index is 0.247. The quantitative estimate of drug-likeness (QED) is 0.809. The van der Waals surface area contributed by atoms with Crippen molar-refractivity contribution in [2.24, 2.45) is 5.92 Å². The average Bonchev–Trinajstić information content (AvgIpc) is 3.03. The summed E-state index contributed by atoms with van der Waals surface area (Å²) in [4.78, 5) is 14.6. The first-order valence-corrected chi connectivity index (χ1v) is 11.3. The highest BCUT2D eigenvalue weighted by atomic mass is 16.3. The van der Waals surface area contributed by atoms with Crippen LogP contribution in [0.15, 0.2) is 18.3 Å². The minimum absolute atomic E-state index is 0.247. The first-order chi connectivity index (χ1) is 14.5. The van der Waals surface area contributed by atoms with E-state index < -0.39 is 0 Å². The Bertz CT molecular complexity index is 924. The number of aromatic nitrogens is 2. The molecule has 2 bridgehead atoms. The van der Waals surface area contributed by atoms with Gasteiger partial charge in [0.1, 0.15) is 5.75 Å². The van der Waals surface area contributed by atoms with E-state index in [9.17, 15) is 10.2 Å². The van der Waals surface area contributed by atoms with Crippen LogP contribution in [-0.4, -0.2) is 50.8 Å². The SMILES string of the molecule is Cc1cc(CN2[C@H]3CC[C@H]2c2cnc(N4CCC[C@@H](CO)C4)nc2C3)cc(C)c1O. The lowest BCUT2D eigenvalue weighted by atomic mass is 9.97. The van der Waals surface area contributed by atoms with Gasteiger partial charge in [0.15, 0.2) is 0 Å². The summed E-state index contributed by atoms with van der Waals surface area (Å²) in [7, 11) is 0. The lowest BCUT2D eigenvalue weighted by molar-refractivity contribution is 0.166. The van der Waals surface area contributed by atoms with Gasteiger partial charge in [0.05, 0.1) is 5.69 Å². The van der Waals surface area contributed by atoms with E-state index in [1.54, 1.807) is 0 Å². The van der Waals surface area contributed by atoms with E-state index in [1.807, 2.05) is 13.8 Å². The van der Waals surface area contributed by atoms with Gasteiger partial charge in [0, 0.05) is 56.5 Å². The van der Waals surface area contributed by atoms with E-state index in [-0.39, 0.29) is 6.61 Å². The fraction of sp³-hybridized carbons (Fsp3) is 0.583. The van der Waals surface area contributed by atoms with E-state index in [4.69, 9.17) is 9.97 Å². The zero-order valence-electron chi connectivity index (χ0n) is 18.0. The van der Waals surface area contributed by atoms with Crippen molar-refractivity contribution in [2.75, 3.05) is 24.6 Å². The molecule has 0 aliphatic carbocycles. The Morgan fingerprint density at radius 2 is 1.93 bits per heavy atom. The van der Waals surface area contributed by atoms with Gasteiger partial charge in [-0.05, 0) is 62.1 Å². The van der Waals surface area contributed by atoms with Gasteiger partial charge < -0.3 is 15.1 Å². The molecule has 4 heterocycles. The van der Waals surface area contributed by atoms with Crippen LogP contribution in [0.4, 0.5) is 5.95 Å². The predicted molar refractivity (Wildman–Crippen MR) is 117 cm³/mol. The molecule has 0 spiro atoms. The summed E-state index contributed by atoms with van der Waals surface area (Å²) in [6.45, 7) is 6.94. The molecule has 3 atom stereocenters. The van der Waals surface area contributed by atoms with Crippen molar-refractivity contribution in [1.82, 2.24) is 14.9 Å². The molecule has 3 aliphatic rings. The highest BCUT2D eigenvalue weighted by Crippen LogP contribution is 2.44. The molecule has 5 rings (SSSR count). The molecule has 2 saturated heterocycles. The molecule has 30 heavy (non-hydrogen) atoms. The Morgan fingerprint density at radius 1 is 1.13 bits per heavy atom. The summed E-state index contributed by atoms with van der Waals surface area (Å²) < 4.78 is 0. The van der Waals surface area contributed by atoms with Crippen molar-refractivity contribution < 1.29 is 10.2 Å². The number of anilines is 1. The summed E-state index contributed by atoms with van der Waals surface area (Å²) in [6.07, 6.45) is 7.58. The number of phenols is 1. The van der Waals surface area contributed by atoms with Crippen LogP contribution in [0.2, 0.25) is 0 Å². The van der Waals surface area contributed by atoms with Crippen molar-refractivity contribution in [3.8, 4) is 5.75 Å². The maximum absolute atomic E-state index is 10.1. The monoisotopic (exact) mass is 408 g/mol. The number of nitrogens with zero attached hydrogens (tertiary/aromatic N) is 4. The number of aromatic hydroxyl groups is 1. The molecular formula is C24H32N4O2. The Hall–Kier alpha value is -2.18. The average molecular weight is 409 g/mol. The topological polar surface area (TPSA) is 72.7 Å². The number of phenolic OH excluding ortho intramolecular Hbond substituents is 1. The zero-order chi connectivity index (χ0) is 20.8. The fourth-order valence-electron chi connectivity index (χ4n) is 5.71. The molecule has 6 nitrogen and oxygen atoms in total. The summed E-state index contributed by atoms with van der Waals surface area (Å²) in [5.41, 5.74) is 5.67. The second kappa shape index (κ2) is 7.82. The van der Waals surface area contributed by atoms with E-state index in [2.05, 4.69) is 28.1 Å². The molecule has 2 fully saturated rings. The van der Waals surface area contributed by atoms with Gasteiger partial charge in [-0.3, -0.25) is 4.90 Å². The molecule has 0 unspecified atom stereocenters. The van der Waals surface area contributed by atoms with Gasteiger partial charge in [0.25, 0.3) is 0 Å². The number of aliphatic hydroxyl groups is 1. The predicted octanol–water partition coefficient (Wildman–Crippen LogP) is 3.27. The summed E-state index contributed by atoms with van der Waals surface area (Å²) in [5, 5.41) is 19.6. The third kappa shape index (κ3) is 3.46. The molecular weight excluding hydrogens is 376 g/mol. The largest absolute Gasteiger partial charge is 0.507 e. The maximum atomic E-state index is 10.1. The number of aryl methyl sites for hydroxylation is 2. The zero-order valence-corrected chi connectivity index (χ0v) is 18.0.